The zero-order chi connectivity index (χ0) is 16.4. The maximum absolute atomic E-state index is 12.7. The van der Waals surface area contributed by atoms with E-state index >= 15 is 0 Å². The van der Waals surface area contributed by atoms with Crippen LogP contribution in [0.15, 0.2) is 46.1 Å². The molecule has 120 valence electrons. The van der Waals surface area contributed by atoms with Crippen molar-refractivity contribution in [1.82, 2.24) is 10.1 Å². The predicted molar refractivity (Wildman–Crippen MR) is 82.2 cm³/mol. The van der Waals surface area contributed by atoms with Crippen molar-refractivity contribution in [3.63, 3.8) is 0 Å². The first-order valence-corrected chi connectivity index (χ1v) is 7.98. The summed E-state index contributed by atoms with van der Waals surface area (Å²) in [5.41, 5.74) is 0.372. The lowest BCUT2D eigenvalue weighted by Crippen LogP contribution is -2.15. The zero-order valence-corrected chi connectivity index (χ0v) is 13.1. The number of pyridine rings is 1. The molecule has 0 aliphatic heterocycles. The highest BCUT2D eigenvalue weighted by molar-refractivity contribution is 7.93. The van der Waals surface area contributed by atoms with Gasteiger partial charge in [0, 0.05) is 6.20 Å². The van der Waals surface area contributed by atoms with E-state index in [0.29, 0.717) is 11.0 Å². The number of anilines is 1. The van der Waals surface area contributed by atoms with Gasteiger partial charge in [0.25, 0.3) is 10.0 Å². The molecule has 2 aromatic heterocycles. The topological polar surface area (TPSA) is 104 Å². The minimum Gasteiger partial charge on any atom is -0.495 e. The molecule has 1 N–H and O–H groups in total. The third-order valence-corrected chi connectivity index (χ3v) is 4.56. The van der Waals surface area contributed by atoms with Crippen LogP contribution in [0.2, 0.25) is 0 Å². The van der Waals surface area contributed by atoms with Crippen LogP contribution in [0.25, 0.3) is 11.0 Å². The van der Waals surface area contributed by atoms with Crippen molar-refractivity contribution in [3.8, 4) is 11.5 Å². The standard InChI is InChI=1S/C14H13N3O5S/c1-20-10-4-3-5-11(21-2)13(10)23(18,19)17-14-9-6-7-15-8-12(9)22-16-14/h3-8H,1-2H3,(H,16,17). The number of sulfonamides is 1. The fourth-order valence-corrected chi connectivity index (χ4v) is 3.46. The van der Waals surface area contributed by atoms with Crippen LogP contribution in [0.4, 0.5) is 5.82 Å². The highest BCUT2D eigenvalue weighted by Gasteiger charge is 2.26. The molecule has 0 bridgehead atoms. The first-order valence-electron chi connectivity index (χ1n) is 6.50. The van der Waals surface area contributed by atoms with Gasteiger partial charge in [-0.15, -0.1) is 0 Å². The average molecular weight is 335 g/mol. The van der Waals surface area contributed by atoms with Gasteiger partial charge < -0.3 is 14.0 Å². The van der Waals surface area contributed by atoms with Gasteiger partial charge in [0.05, 0.1) is 25.8 Å². The van der Waals surface area contributed by atoms with Crippen LogP contribution in [-0.4, -0.2) is 32.8 Å². The van der Waals surface area contributed by atoms with Gasteiger partial charge in [-0.25, -0.2) is 8.42 Å². The van der Waals surface area contributed by atoms with Gasteiger partial charge in [0.2, 0.25) is 0 Å². The monoisotopic (exact) mass is 335 g/mol. The second-order valence-electron chi connectivity index (χ2n) is 4.50. The number of ether oxygens (including phenoxy) is 2. The first kappa shape index (κ1) is 15.1. The van der Waals surface area contributed by atoms with Gasteiger partial charge in [0.1, 0.15) is 11.5 Å². The Balaban J connectivity index is 2.09. The number of nitrogens with one attached hydrogen (secondary N) is 1. The molecule has 0 aliphatic carbocycles. The normalized spacial score (nSPS) is 11.4. The molecule has 8 nitrogen and oxygen atoms in total. The zero-order valence-electron chi connectivity index (χ0n) is 12.3. The Hall–Kier alpha value is -2.81. The van der Waals surface area contributed by atoms with E-state index in [1.807, 2.05) is 0 Å². The number of aromatic nitrogens is 2. The molecule has 0 saturated carbocycles. The summed E-state index contributed by atoms with van der Waals surface area (Å²) in [5.74, 6) is 0.382. The Morgan fingerprint density at radius 2 is 1.83 bits per heavy atom. The van der Waals surface area contributed by atoms with Crippen molar-refractivity contribution in [1.29, 1.82) is 0 Å². The second kappa shape index (κ2) is 5.76. The summed E-state index contributed by atoms with van der Waals surface area (Å²) in [6, 6.07) is 6.29. The van der Waals surface area contributed by atoms with Crippen molar-refractivity contribution >= 4 is 26.8 Å². The van der Waals surface area contributed by atoms with Gasteiger partial charge in [-0.3, -0.25) is 9.71 Å². The molecule has 0 aliphatic rings. The Morgan fingerprint density at radius 1 is 1.13 bits per heavy atom. The quantitative estimate of drug-likeness (QED) is 0.761. The van der Waals surface area contributed by atoms with Crippen LogP contribution in [0, 0.1) is 0 Å². The maximum atomic E-state index is 12.7. The first-order chi connectivity index (χ1) is 11.1. The summed E-state index contributed by atoms with van der Waals surface area (Å²) in [6.45, 7) is 0. The van der Waals surface area contributed by atoms with Crippen molar-refractivity contribution in [2.24, 2.45) is 0 Å². The van der Waals surface area contributed by atoms with E-state index in [-0.39, 0.29) is 22.2 Å². The molecule has 0 unspecified atom stereocenters. The van der Waals surface area contributed by atoms with Crippen LogP contribution in [0.3, 0.4) is 0 Å². The fraction of sp³-hybridized carbons (Fsp3) is 0.143. The molecular formula is C14H13N3O5S. The molecule has 0 atom stereocenters. The SMILES string of the molecule is COc1cccc(OC)c1S(=O)(=O)Nc1noc2cnccc12. The summed E-state index contributed by atoms with van der Waals surface area (Å²) >= 11 is 0. The van der Waals surface area contributed by atoms with Gasteiger partial charge in [-0.1, -0.05) is 11.2 Å². The average Bonchev–Trinajstić information content (AvgIpc) is 2.96. The van der Waals surface area contributed by atoms with Crippen LogP contribution in [0.5, 0.6) is 11.5 Å². The molecule has 23 heavy (non-hydrogen) atoms. The third-order valence-electron chi connectivity index (χ3n) is 3.16. The molecule has 1 aromatic carbocycles. The van der Waals surface area contributed by atoms with Crippen LogP contribution in [0.1, 0.15) is 0 Å². The van der Waals surface area contributed by atoms with Crippen molar-refractivity contribution in [3.05, 3.63) is 36.7 Å². The molecule has 0 saturated heterocycles. The van der Waals surface area contributed by atoms with Crippen molar-refractivity contribution < 1.29 is 22.4 Å². The lowest BCUT2D eigenvalue weighted by atomic mass is 10.3. The number of methoxy groups -OCH3 is 2. The van der Waals surface area contributed by atoms with E-state index in [4.69, 9.17) is 14.0 Å². The fourth-order valence-electron chi connectivity index (χ4n) is 2.13. The van der Waals surface area contributed by atoms with Crippen LogP contribution in [-0.2, 0) is 10.0 Å². The smallest absolute Gasteiger partial charge is 0.270 e. The number of fused-ring (bicyclic) bond motifs is 1. The Bertz CT molecular complexity index is 930. The van der Waals surface area contributed by atoms with Crippen LogP contribution < -0.4 is 14.2 Å². The van der Waals surface area contributed by atoms with Gasteiger partial charge >= 0.3 is 0 Å². The van der Waals surface area contributed by atoms with Gasteiger partial charge in [-0.05, 0) is 18.2 Å². The lowest BCUT2D eigenvalue weighted by Gasteiger charge is -2.13. The Morgan fingerprint density at radius 3 is 2.48 bits per heavy atom. The summed E-state index contributed by atoms with van der Waals surface area (Å²) < 4.78 is 43.2. The maximum Gasteiger partial charge on any atom is 0.270 e. The second-order valence-corrected chi connectivity index (χ2v) is 6.12. The van der Waals surface area contributed by atoms with E-state index in [0.717, 1.165) is 0 Å². The van der Waals surface area contributed by atoms with E-state index in [1.54, 1.807) is 12.1 Å². The molecule has 0 spiro atoms. The van der Waals surface area contributed by atoms with Crippen molar-refractivity contribution in [2.45, 2.75) is 4.90 Å². The molecule has 0 radical (unpaired) electrons. The van der Waals surface area contributed by atoms with Gasteiger partial charge in [0.15, 0.2) is 16.3 Å². The summed E-state index contributed by atoms with van der Waals surface area (Å²) in [4.78, 5) is 3.77. The van der Waals surface area contributed by atoms with Crippen LogP contribution >= 0.6 is 0 Å². The predicted octanol–water partition coefficient (Wildman–Crippen LogP) is 2.04. The number of hydrogen-bond donors (Lipinski definition) is 1. The molecule has 3 rings (SSSR count). The van der Waals surface area contributed by atoms with E-state index < -0.39 is 10.0 Å². The summed E-state index contributed by atoms with van der Waals surface area (Å²) in [5, 5.41) is 4.23. The number of hydrogen-bond acceptors (Lipinski definition) is 7. The van der Waals surface area contributed by atoms with E-state index in [2.05, 4.69) is 14.9 Å². The number of rotatable bonds is 5. The highest BCUT2D eigenvalue weighted by atomic mass is 32.2. The summed E-state index contributed by atoms with van der Waals surface area (Å²) in [6.07, 6.45) is 2.96. The highest BCUT2D eigenvalue weighted by Crippen LogP contribution is 2.34. The summed E-state index contributed by atoms with van der Waals surface area (Å²) in [7, 11) is -1.24. The molecular weight excluding hydrogens is 322 g/mol. The third kappa shape index (κ3) is 2.66. The molecule has 2 heterocycles. The minimum absolute atomic E-state index is 0.0651. The molecule has 0 fully saturated rings. The largest absolute Gasteiger partial charge is 0.495 e. The minimum atomic E-state index is -4.00. The molecule has 3 aromatic rings. The number of nitrogens with zero attached hydrogens (tertiary/aromatic N) is 2. The Labute approximate surface area is 132 Å². The Kier molecular flexibility index (Phi) is 3.78. The molecule has 9 heteroatoms. The lowest BCUT2D eigenvalue weighted by molar-refractivity contribution is 0.373. The molecule has 0 amide bonds. The van der Waals surface area contributed by atoms with Gasteiger partial charge in [-0.2, -0.15) is 0 Å². The van der Waals surface area contributed by atoms with E-state index in [1.165, 1.54) is 38.7 Å². The number of benzene rings is 1. The van der Waals surface area contributed by atoms with E-state index in [9.17, 15) is 8.42 Å². The van der Waals surface area contributed by atoms with Crippen molar-refractivity contribution in [2.75, 3.05) is 18.9 Å².